The lowest BCUT2D eigenvalue weighted by Crippen LogP contribution is -2.32. The second-order valence-corrected chi connectivity index (χ2v) is 8.34. The maximum absolute atomic E-state index is 5.68. The molecule has 1 aliphatic heterocycles. The molecule has 1 aliphatic rings. The smallest absolute Gasteiger partial charge is 0.144 e. The third-order valence-electron chi connectivity index (χ3n) is 6.14. The average Bonchev–Trinajstić information content (AvgIpc) is 3.42. The first kappa shape index (κ1) is 21.2. The summed E-state index contributed by atoms with van der Waals surface area (Å²) in [7, 11) is 3.45. The number of methoxy groups -OCH3 is 2. The number of ether oxygens (including phenoxy) is 2. The molecule has 4 rings (SSSR count). The van der Waals surface area contributed by atoms with Gasteiger partial charge in [-0.15, -0.1) is 0 Å². The minimum absolute atomic E-state index is 0.462. The third kappa shape index (κ3) is 4.54. The van der Waals surface area contributed by atoms with Gasteiger partial charge in [0.1, 0.15) is 11.5 Å². The Morgan fingerprint density at radius 1 is 1.03 bits per heavy atom. The Balaban J connectivity index is 1.41. The van der Waals surface area contributed by atoms with Crippen LogP contribution in [0.5, 0.6) is 11.5 Å². The second kappa shape index (κ2) is 9.02. The first-order valence-corrected chi connectivity index (χ1v) is 10.8. The molecule has 1 unspecified atom stereocenters. The van der Waals surface area contributed by atoms with Crippen molar-refractivity contribution in [1.82, 2.24) is 14.9 Å². The quantitative estimate of drug-likeness (QED) is 0.621. The topological polar surface area (TPSA) is 51.5 Å². The summed E-state index contributed by atoms with van der Waals surface area (Å²) >= 11 is 0. The third-order valence-corrected chi connectivity index (χ3v) is 6.14. The van der Waals surface area contributed by atoms with Crippen LogP contribution in [0.2, 0.25) is 0 Å². The molecule has 2 heterocycles. The summed E-state index contributed by atoms with van der Waals surface area (Å²) in [6.45, 7) is 9.13. The summed E-state index contributed by atoms with van der Waals surface area (Å²) in [5.41, 5.74) is 6.96. The molecule has 3 aromatic rings. The summed E-state index contributed by atoms with van der Waals surface area (Å²) < 4.78 is 13.1. The van der Waals surface area contributed by atoms with Gasteiger partial charge in [-0.25, -0.2) is 4.98 Å². The molecule has 1 N–H and O–H groups in total. The fourth-order valence-electron chi connectivity index (χ4n) is 4.30. The van der Waals surface area contributed by atoms with Crippen LogP contribution in [0.25, 0.3) is 5.69 Å². The molecule has 1 fully saturated rings. The number of anilines is 1. The number of aryl methyl sites for hydroxylation is 3. The molecule has 1 atom stereocenters. The van der Waals surface area contributed by atoms with E-state index in [1.807, 2.05) is 24.0 Å². The number of rotatable bonds is 7. The number of aromatic nitrogens is 2. The fraction of sp³-hybridized carbons (Fsp3) is 0.400. The maximum Gasteiger partial charge on any atom is 0.144 e. The number of hydrogen-bond donors (Lipinski definition) is 1. The van der Waals surface area contributed by atoms with Crippen molar-refractivity contribution in [3.63, 3.8) is 0 Å². The Morgan fingerprint density at radius 3 is 2.55 bits per heavy atom. The van der Waals surface area contributed by atoms with Gasteiger partial charge in [0.15, 0.2) is 0 Å². The standard InChI is InChI=1S/C25H32N4O2/c1-17-11-24(30-4)18(2)10-20(17)13-26-21-8-9-28(15-21)22-6-7-23(25(12-22)31-5)29-14-19(3)27-16-29/h6-7,10-12,14,16,21,26H,8-9,13,15H2,1-5H3. The predicted molar refractivity (Wildman–Crippen MR) is 125 cm³/mol. The Kier molecular flexibility index (Phi) is 6.18. The highest BCUT2D eigenvalue weighted by Gasteiger charge is 2.23. The monoisotopic (exact) mass is 420 g/mol. The lowest BCUT2D eigenvalue weighted by atomic mass is 10.0. The van der Waals surface area contributed by atoms with E-state index in [9.17, 15) is 0 Å². The van der Waals surface area contributed by atoms with E-state index >= 15 is 0 Å². The molecule has 1 aromatic heterocycles. The van der Waals surface area contributed by atoms with Crippen LogP contribution in [0.1, 0.15) is 28.8 Å². The van der Waals surface area contributed by atoms with Crippen LogP contribution in [-0.4, -0.2) is 42.9 Å². The van der Waals surface area contributed by atoms with E-state index in [2.05, 4.69) is 59.4 Å². The van der Waals surface area contributed by atoms with Gasteiger partial charge in [-0.1, -0.05) is 6.07 Å². The van der Waals surface area contributed by atoms with E-state index in [0.717, 1.165) is 48.9 Å². The van der Waals surface area contributed by atoms with E-state index in [4.69, 9.17) is 9.47 Å². The largest absolute Gasteiger partial charge is 0.496 e. The molecule has 2 aromatic carbocycles. The molecular weight excluding hydrogens is 388 g/mol. The predicted octanol–water partition coefficient (Wildman–Crippen LogP) is 4.18. The summed E-state index contributed by atoms with van der Waals surface area (Å²) in [5, 5.41) is 3.75. The van der Waals surface area contributed by atoms with E-state index in [0.29, 0.717) is 6.04 Å². The molecule has 31 heavy (non-hydrogen) atoms. The Morgan fingerprint density at radius 2 is 1.84 bits per heavy atom. The highest BCUT2D eigenvalue weighted by molar-refractivity contribution is 5.60. The Labute approximate surface area is 184 Å². The van der Waals surface area contributed by atoms with Crippen molar-refractivity contribution in [1.29, 1.82) is 0 Å². The van der Waals surface area contributed by atoms with Crippen LogP contribution in [0, 0.1) is 20.8 Å². The number of benzene rings is 2. The normalized spacial score (nSPS) is 16.0. The fourth-order valence-corrected chi connectivity index (χ4v) is 4.30. The van der Waals surface area contributed by atoms with Crippen molar-refractivity contribution in [3.8, 4) is 17.2 Å². The minimum Gasteiger partial charge on any atom is -0.496 e. The molecule has 0 radical (unpaired) electrons. The molecular formula is C25H32N4O2. The molecule has 0 amide bonds. The molecule has 0 aliphatic carbocycles. The van der Waals surface area contributed by atoms with E-state index < -0.39 is 0 Å². The van der Waals surface area contributed by atoms with Crippen LogP contribution in [0.3, 0.4) is 0 Å². The highest BCUT2D eigenvalue weighted by Crippen LogP contribution is 2.31. The van der Waals surface area contributed by atoms with Crippen molar-refractivity contribution in [3.05, 3.63) is 65.2 Å². The van der Waals surface area contributed by atoms with Crippen LogP contribution in [-0.2, 0) is 6.54 Å². The molecule has 0 bridgehead atoms. The zero-order valence-corrected chi connectivity index (χ0v) is 19.1. The van der Waals surface area contributed by atoms with Gasteiger partial charge in [0, 0.05) is 43.6 Å². The average molecular weight is 421 g/mol. The van der Waals surface area contributed by atoms with Crippen molar-refractivity contribution in [2.24, 2.45) is 0 Å². The van der Waals surface area contributed by atoms with Crippen LogP contribution in [0.15, 0.2) is 42.9 Å². The lowest BCUT2D eigenvalue weighted by molar-refractivity contribution is 0.411. The first-order valence-electron chi connectivity index (χ1n) is 10.8. The van der Waals surface area contributed by atoms with Crippen molar-refractivity contribution in [2.45, 2.75) is 39.8 Å². The van der Waals surface area contributed by atoms with Crippen LogP contribution < -0.4 is 19.7 Å². The highest BCUT2D eigenvalue weighted by atomic mass is 16.5. The molecule has 0 spiro atoms. The summed E-state index contributed by atoms with van der Waals surface area (Å²) in [5.74, 6) is 1.81. The summed E-state index contributed by atoms with van der Waals surface area (Å²) in [4.78, 5) is 6.75. The van der Waals surface area contributed by atoms with Crippen molar-refractivity contribution in [2.75, 3.05) is 32.2 Å². The zero-order chi connectivity index (χ0) is 22.0. The van der Waals surface area contributed by atoms with Gasteiger partial charge in [-0.05, 0) is 62.1 Å². The number of nitrogens with one attached hydrogen (secondary N) is 1. The molecule has 6 nitrogen and oxygen atoms in total. The summed E-state index contributed by atoms with van der Waals surface area (Å²) in [6.07, 6.45) is 4.96. The number of hydrogen-bond acceptors (Lipinski definition) is 5. The molecule has 0 saturated carbocycles. The van der Waals surface area contributed by atoms with Gasteiger partial charge in [0.25, 0.3) is 0 Å². The van der Waals surface area contributed by atoms with Gasteiger partial charge < -0.3 is 24.3 Å². The maximum atomic E-state index is 5.68. The zero-order valence-electron chi connectivity index (χ0n) is 19.1. The first-order chi connectivity index (χ1) is 15.0. The molecule has 6 heteroatoms. The van der Waals surface area contributed by atoms with Gasteiger partial charge in [-0.2, -0.15) is 0 Å². The Hall–Kier alpha value is -2.99. The summed E-state index contributed by atoms with van der Waals surface area (Å²) in [6, 6.07) is 11.2. The van der Waals surface area contributed by atoms with Crippen LogP contribution in [0.4, 0.5) is 5.69 Å². The number of nitrogens with zero attached hydrogens (tertiary/aromatic N) is 3. The molecule has 1 saturated heterocycles. The number of imidazole rings is 1. The van der Waals surface area contributed by atoms with Gasteiger partial charge >= 0.3 is 0 Å². The Bertz CT molecular complexity index is 1060. The lowest BCUT2D eigenvalue weighted by Gasteiger charge is -2.21. The van der Waals surface area contributed by atoms with Gasteiger partial charge in [0.2, 0.25) is 0 Å². The van der Waals surface area contributed by atoms with Crippen molar-refractivity contribution >= 4 is 5.69 Å². The minimum atomic E-state index is 0.462. The van der Waals surface area contributed by atoms with Gasteiger partial charge in [0.05, 0.1) is 31.9 Å². The van der Waals surface area contributed by atoms with E-state index in [1.165, 1.54) is 22.4 Å². The van der Waals surface area contributed by atoms with E-state index in [-0.39, 0.29) is 0 Å². The molecule has 164 valence electrons. The SMILES string of the molecule is COc1cc(C)c(CNC2CCN(c3ccc(-n4cnc(C)c4)c(OC)c3)C2)cc1C. The van der Waals surface area contributed by atoms with E-state index in [1.54, 1.807) is 14.2 Å². The van der Waals surface area contributed by atoms with Crippen molar-refractivity contribution < 1.29 is 9.47 Å². The van der Waals surface area contributed by atoms with Gasteiger partial charge in [-0.3, -0.25) is 0 Å². The van der Waals surface area contributed by atoms with Crippen LogP contribution >= 0.6 is 0 Å². The second-order valence-electron chi connectivity index (χ2n) is 8.34.